The van der Waals surface area contributed by atoms with E-state index in [0.717, 1.165) is 12.3 Å². The predicted octanol–water partition coefficient (Wildman–Crippen LogP) is 4.20. The van der Waals surface area contributed by atoms with Crippen LogP contribution in [0.1, 0.15) is 36.6 Å². The van der Waals surface area contributed by atoms with Gasteiger partial charge in [-0.15, -0.1) is 11.8 Å². The van der Waals surface area contributed by atoms with Gasteiger partial charge in [0.15, 0.2) is 0 Å². The minimum Gasteiger partial charge on any atom is -0.306 e. The molecule has 0 amide bonds. The first kappa shape index (κ1) is 15.1. The van der Waals surface area contributed by atoms with E-state index in [2.05, 4.69) is 61.4 Å². The molecule has 3 heteroatoms. The van der Waals surface area contributed by atoms with Crippen molar-refractivity contribution in [3.8, 4) is 0 Å². The molecule has 106 valence electrons. The molecule has 20 heavy (non-hydrogen) atoms. The molecule has 0 radical (unpaired) electrons. The van der Waals surface area contributed by atoms with Crippen molar-refractivity contribution in [2.75, 3.05) is 12.3 Å². The molecule has 2 aromatic rings. The lowest BCUT2D eigenvalue weighted by molar-refractivity contribution is 0.625. The molecule has 1 N–H and O–H groups in total. The second kappa shape index (κ2) is 7.46. The molecule has 1 heterocycles. The summed E-state index contributed by atoms with van der Waals surface area (Å²) in [6, 6.07) is 11.1. The van der Waals surface area contributed by atoms with Crippen molar-refractivity contribution in [3.05, 3.63) is 59.4 Å². The Bertz CT molecular complexity index is 537. The molecule has 1 unspecified atom stereocenters. The number of hydrogen-bond acceptors (Lipinski definition) is 3. The standard InChI is InChI=1S/C17H22N2S/c1-4-19-17(16-12-18-11-10-13(16)3)14-6-8-15(9-7-14)20-5-2/h6-12,17,19H,4-5H2,1-3H3. The van der Waals surface area contributed by atoms with Crippen LogP contribution in [-0.2, 0) is 0 Å². The maximum Gasteiger partial charge on any atom is 0.0594 e. The molecule has 1 aromatic carbocycles. The molecule has 0 aliphatic carbocycles. The Morgan fingerprint density at radius 1 is 1.15 bits per heavy atom. The number of pyridine rings is 1. The first-order valence-corrected chi connectivity index (χ1v) is 8.11. The minimum atomic E-state index is 0.217. The first-order valence-electron chi connectivity index (χ1n) is 7.13. The second-order valence-electron chi connectivity index (χ2n) is 4.73. The Morgan fingerprint density at radius 2 is 1.90 bits per heavy atom. The number of hydrogen-bond donors (Lipinski definition) is 1. The van der Waals surface area contributed by atoms with Crippen LogP contribution in [0.25, 0.3) is 0 Å². The summed E-state index contributed by atoms with van der Waals surface area (Å²) in [4.78, 5) is 5.61. The largest absolute Gasteiger partial charge is 0.306 e. The molecule has 1 atom stereocenters. The number of nitrogens with zero attached hydrogens (tertiary/aromatic N) is 1. The monoisotopic (exact) mass is 286 g/mol. The third-order valence-corrected chi connectivity index (χ3v) is 4.22. The van der Waals surface area contributed by atoms with Crippen LogP contribution in [0.15, 0.2) is 47.6 Å². The quantitative estimate of drug-likeness (QED) is 0.806. The normalized spacial score (nSPS) is 12.3. The molecule has 0 saturated carbocycles. The molecule has 0 aliphatic heterocycles. The summed E-state index contributed by atoms with van der Waals surface area (Å²) in [5, 5.41) is 3.56. The number of thioether (sulfide) groups is 1. The van der Waals surface area contributed by atoms with Gasteiger partial charge in [0.05, 0.1) is 6.04 Å². The van der Waals surface area contributed by atoms with Gasteiger partial charge >= 0.3 is 0 Å². The van der Waals surface area contributed by atoms with Gasteiger partial charge in [0.1, 0.15) is 0 Å². The smallest absolute Gasteiger partial charge is 0.0594 e. The van der Waals surface area contributed by atoms with Crippen LogP contribution in [0.3, 0.4) is 0 Å². The van der Waals surface area contributed by atoms with E-state index in [4.69, 9.17) is 0 Å². The lowest BCUT2D eigenvalue weighted by Gasteiger charge is -2.20. The number of aryl methyl sites for hydroxylation is 1. The van der Waals surface area contributed by atoms with Crippen molar-refractivity contribution in [2.24, 2.45) is 0 Å². The van der Waals surface area contributed by atoms with Crippen LogP contribution in [-0.4, -0.2) is 17.3 Å². The zero-order valence-corrected chi connectivity index (χ0v) is 13.2. The van der Waals surface area contributed by atoms with Gasteiger partial charge in [-0.3, -0.25) is 4.98 Å². The van der Waals surface area contributed by atoms with Crippen LogP contribution in [0, 0.1) is 6.92 Å². The molecule has 0 fully saturated rings. The van der Waals surface area contributed by atoms with Gasteiger partial charge in [-0.2, -0.15) is 0 Å². The van der Waals surface area contributed by atoms with Crippen LogP contribution in [0.4, 0.5) is 0 Å². The van der Waals surface area contributed by atoms with Crippen molar-refractivity contribution in [2.45, 2.75) is 31.7 Å². The van der Waals surface area contributed by atoms with E-state index >= 15 is 0 Å². The van der Waals surface area contributed by atoms with E-state index in [9.17, 15) is 0 Å². The molecule has 0 saturated heterocycles. The van der Waals surface area contributed by atoms with E-state index in [0.29, 0.717) is 0 Å². The van der Waals surface area contributed by atoms with E-state index in [1.54, 1.807) is 0 Å². The van der Waals surface area contributed by atoms with Gasteiger partial charge in [0.25, 0.3) is 0 Å². The van der Waals surface area contributed by atoms with Crippen LogP contribution < -0.4 is 5.32 Å². The summed E-state index contributed by atoms with van der Waals surface area (Å²) in [6.45, 7) is 7.39. The fourth-order valence-corrected chi connectivity index (χ4v) is 2.97. The molecular weight excluding hydrogens is 264 g/mol. The summed E-state index contributed by atoms with van der Waals surface area (Å²) in [7, 11) is 0. The average Bonchev–Trinajstić information content (AvgIpc) is 2.47. The number of benzene rings is 1. The number of rotatable bonds is 6. The molecule has 0 aliphatic rings. The van der Waals surface area contributed by atoms with Gasteiger partial charge in [-0.1, -0.05) is 26.0 Å². The van der Waals surface area contributed by atoms with Crippen molar-refractivity contribution in [3.63, 3.8) is 0 Å². The van der Waals surface area contributed by atoms with Gasteiger partial charge in [0.2, 0.25) is 0 Å². The number of nitrogens with one attached hydrogen (secondary N) is 1. The molecule has 2 nitrogen and oxygen atoms in total. The summed E-state index contributed by atoms with van der Waals surface area (Å²) >= 11 is 1.88. The maximum atomic E-state index is 4.28. The topological polar surface area (TPSA) is 24.9 Å². The van der Waals surface area contributed by atoms with E-state index in [1.165, 1.54) is 21.6 Å². The third-order valence-electron chi connectivity index (χ3n) is 3.32. The molecule has 1 aromatic heterocycles. The van der Waals surface area contributed by atoms with Gasteiger partial charge in [-0.05, 0) is 54.1 Å². The van der Waals surface area contributed by atoms with E-state index < -0.39 is 0 Å². The Balaban J connectivity index is 2.31. The zero-order valence-electron chi connectivity index (χ0n) is 12.4. The van der Waals surface area contributed by atoms with Crippen LogP contribution in [0.2, 0.25) is 0 Å². The fourth-order valence-electron chi connectivity index (χ4n) is 2.31. The van der Waals surface area contributed by atoms with Crippen molar-refractivity contribution < 1.29 is 0 Å². The Hall–Kier alpha value is -1.32. The summed E-state index contributed by atoms with van der Waals surface area (Å²) < 4.78 is 0. The van der Waals surface area contributed by atoms with Crippen LogP contribution in [0.5, 0.6) is 0 Å². The third kappa shape index (κ3) is 3.62. The van der Waals surface area contributed by atoms with E-state index in [-0.39, 0.29) is 6.04 Å². The highest BCUT2D eigenvalue weighted by Gasteiger charge is 2.15. The van der Waals surface area contributed by atoms with Crippen molar-refractivity contribution in [1.82, 2.24) is 10.3 Å². The second-order valence-corrected chi connectivity index (χ2v) is 6.06. The zero-order chi connectivity index (χ0) is 14.4. The Kier molecular flexibility index (Phi) is 5.62. The highest BCUT2D eigenvalue weighted by atomic mass is 32.2. The predicted molar refractivity (Wildman–Crippen MR) is 87.3 cm³/mol. The average molecular weight is 286 g/mol. The Morgan fingerprint density at radius 3 is 2.50 bits per heavy atom. The SMILES string of the molecule is CCNC(c1ccc(SCC)cc1)c1cnccc1C. The molecule has 0 bridgehead atoms. The highest BCUT2D eigenvalue weighted by Crippen LogP contribution is 2.26. The highest BCUT2D eigenvalue weighted by molar-refractivity contribution is 7.99. The first-order chi connectivity index (χ1) is 9.76. The molecule has 0 spiro atoms. The lowest BCUT2D eigenvalue weighted by Crippen LogP contribution is -2.22. The summed E-state index contributed by atoms with van der Waals surface area (Å²) in [5.41, 5.74) is 3.83. The van der Waals surface area contributed by atoms with Crippen molar-refractivity contribution >= 4 is 11.8 Å². The van der Waals surface area contributed by atoms with Gasteiger partial charge in [0, 0.05) is 17.3 Å². The van der Waals surface area contributed by atoms with Crippen molar-refractivity contribution in [1.29, 1.82) is 0 Å². The number of aromatic nitrogens is 1. The molecular formula is C17H22N2S. The Labute approximate surface area is 126 Å². The van der Waals surface area contributed by atoms with Gasteiger partial charge < -0.3 is 5.32 Å². The van der Waals surface area contributed by atoms with E-state index in [1.807, 2.05) is 24.2 Å². The summed E-state index contributed by atoms with van der Waals surface area (Å²) in [5.74, 6) is 1.11. The minimum absolute atomic E-state index is 0.217. The summed E-state index contributed by atoms with van der Waals surface area (Å²) in [6.07, 6.45) is 3.82. The maximum absolute atomic E-state index is 4.28. The molecule has 2 rings (SSSR count). The fraction of sp³-hybridized carbons (Fsp3) is 0.353. The lowest BCUT2D eigenvalue weighted by atomic mass is 9.97. The van der Waals surface area contributed by atoms with Crippen LogP contribution >= 0.6 is 11.8 Å². The van der Waals surface area contributed by atoms with Gasteiger partial charge in [-0.25, -0.2) is 0 Å².